The van der Waals surface area contributed by atoms with Gasteiger partial charge in [-0.05, 0) is 40.2 Å². The van der Waals surface area contributed by atoms with Crippen molar-refractivity contribution in [3.8, 4) is 0 Å². The minimum Gasteiger partial charge on any atom is -0.396 e. The van der Waals surface area contributed by atoms with Crippen molar-refractivity contribution in [1.82, 2.24) is 10.6 Å². The van der Waals surface area contributed by atoms with Gasteiger partial charge in [-0.25, -0.2) is 0 Å². The first-order chi connectivity index (χ1) is 7.95. The van der Waals surface area contributed by atoms with E-state index >= 15 is 0 Å². The van der Waals surface area contributed by atoms with E-state index in [9.17, 15) is 4.79 Å². The summed E-state index contributed by atoms with van der Waals surface area (Å²) in [5, 5.41) is 14.8. The first-order valence-electron chi connectivity index (χ1n) is 6.58. The van der Waals surface area contributed by atoms with Gasteiger partial charge in [-0.15, -0.1) is 0 Å². The standard InChI is InChI=1S/C13H28N2O2/c1-13(2,3)15-12(17)8-10-14-9-6-4-5-7-11-16/h14,16H,4-11H2,1-3H3,(H,15,17). The average molecular weight is 244 g/mol. The SMILES string of the molecule is CC(C)(C)NC(=O)CCNCCCCCCO. The van der Waals surface area contributed by atoms with Gasteiger partial charge in [0.15, 0.2) is 0 Å². The number of aliphatic hydroxyl groups excluding tert-OH is 1. The molecule has 0 aromatic heterocycles. The molecule has 0 saturated heterocycles. The third-order valence-electron chi connectivity index (χ3n) is 2.30. The summed E-state index contributed by atoms with van der Waals surface area (Å²) in [6.07, 6.45) is 4.77. The summed E-state index contributed by atoms with van der Waals surface area (Å²) in [5.74, 6) is 0.102. The van der Waals surface area contributed by atoms with Crippen LogP contribution in [0.3, 0.4) is 0 Å². The second-order valence-electron chi connectivity index (χ2n) is 5.44. The normalized spacial score (nSPS) is 11.5. The molecule has 0 rings (SSSR count). The maximum Gasteiger partial charge on any atom is 0.221 e. The molecule has 0 bridgehead atoms. The Balaban J connectivity index is 3.25. The molecule has 0 aliphatic heterocycles. The van der Waals surface area contributed by atoms with Crippen LogP contribution in [0, 0.1) is 0 Å². The van der Waals surface area contributed by atoms with E-state index in [2.05, 4.69) is 10.6 Å². The Kier molecular flexibility index (Phi) is 9.09. The number of hydrogen-bond acceptors (Lipinski definition) is 3. The zero-order valence-electron chi connectivity index (χ0n) is 11.5. The number of carbonyl (C=O) groups is 1. The van der Waals surface area contributed by atoms with Gasteiger partial charge < -0.3 is 15.7 Å². The van der Waals surface area contributed by atoms with E-state index in [4.69, 9.17) is 5.11 Å². The molecule has 0 fully saturated rings. The molecular formula is C13H28N2O2. The van der Waals surface area contributed by atoms with E-state index < -0.39 is 0 Å². The average Bonchev–Trinajstić information content (AvgIpc) is 2.19. The second-order valence-corrected chi connectivity index (χ2v) is 5.44. The summed E-state index contributed by atoms with van der Waals surface area (Å²) in [5.41, 5.74) is -0.138. The second kappa shape index (κ2) is 9.42. The molecule has 102 valence electrons. The van der Waals surface area contributed by atoms with Crippen LogP contribution in [-0.4, -0.2) is 36.2 Å². The Morgan fingerprint density at radius 2 is 1.71 bits per heavy atom. The topological polar surface area (TPSA) is 61.4 Å². The van der Waals surface area contributed by atoms with Crippen LogP contribution in [-0.2, 0) is 4.79 Å². The smallest absolute Gasteiger partial charge is 0.221 e. The number of aliphatic hydroxyl groups is 1. The highest BCUT2D eigenvalue weighted by Crippen LogP contribution is 1.99. The molecule has 0 aromatic carbocycles. The van der Waals surface area contributed by atoms with Gasteiger partial charge in [0.25, 0.3) is 0 Å². The Morgan fingerprint density at radius 1 is 1.06 bits per heavy atom. The molecule has 0 spiro atoms. The molecule has 0 aliphatic carbocycles. The lowest BCUT2D eigenvalue weighted by atomic mass is 10.1. The Labute approximate surface area is 105 Å². The highest BCUT2D eigenvalue weighted by molar-refractivity contribution is 5.76. The first kappa shape index (κ1) is 16.4. The van der Waals surface area contributed by atoms with Crippen molar-refractivity contribution in [2.75, 3.05) is 19.7 Å². The maximum atomic E-state index is 11.5. The summed E-state index contributed by atoms with van der Waals surface area (Å²) in [6, 6.07) is 0. The third kappa shape index (κ3) is 13.3. The molecule has 0 heterocycles. The Hall–Kier alpha value is -0.610. The minimum absolute atomic E-state index is 0.102. The van der Waals surface area contributed by atoms with E-state index in [1.807, 2.05) is 20.8 Å². The third-order valence-corrected chi connectivity index (χ3v) is 2.30. The summed E-state index contributed by atoms with van der Waals surface area (Å²) in [7, 11) is 0. The number of hydrogen-bond donors (Lipinski definition) is 3. The van der Waals surface area contributed by atoms with Gasteiger partial charge in [-0.3, -0.25) is 4.79 Å². The van der Waals surface area contributed by atoms with Crippen molar-refractivity contribution in [1.29, 1.82) is 0 Å². The van der Waals surface area contributed by atoms with Crippen LogP contribution in [0.5, 0.6) is 0 Å². The van der Waals surface area contributed by atoms with Crippen molar-refractivity contribution in [2.45, 2.75) is 58.4 Å². The van der Waals surface area contributed by atoms with Crippen LogP contribution in [0.15, 0.2) is 0 Å². The summed E-state index contributed by atoms with van der Waals surface area (Å²) in [4.78, 5) is 11.5. The van der Waals surface area contributed by atoms with E-state index in [1.54, 1.807) is 0 Å². The Bertz CT molecular complexity index is 200. The molecule has 0 atom stereocenters. The van der Waals surface area contributed by atoms with Crippen LogP contribution in [0.25, 0.3) is 0 Å². The fourth-order valence-electron chi connectivity index (χ4n) is 1.52. The van der Waals surface area contributed by atoms with Crippen molar-refractivity contribution in [3.63, 3.8) is 0 Å². The molecule has 0 radical (unpaired) electrons. The largest absolute Gasteiger partial charge is 0.396 e. The zero-order valence-corrected chi connectivity index (χ0v) is 11.5. The monoisotopic (exact) mass is 244 g/mol. The molecule has 4 nitrogen and oxygen atoms in total. The van der Waals surface area contributed by atoms with Crippen LogP contribution >= 0.6 is 0 Å². The van der Waals surface area contributed by atoms with Crippen molar-refractivity contribution in [3.05, 3.63) is 0 Å². The predicted octanol–water partition coefficient (Wildman–Crippen LogP) is 1.43. The van der Waals surface area contributed by atoms with Gasteiger partial charge in [0, 0.05) is 25.1 Å². The lowest BCUT2D eigenvalue weighted by Gasteiger charge is -2.20. The number of amides is 1. The van der Waals surface area contributed by atoms with Crippen molar-refractivity contribution in [2.24, 2.45) is 0 Å². The van der Waals surface area contributed by atoms with Crippen molar-refractivity contribution < 1.29 is 9.90 Å². The van der Waals surface area contributed by atoms with Gasteiger partial charge in [-0.2, -0.15) is 0 Å². The van der Waals surface area contributed by atoms with E-state index in [0.29, 0.717) is 13.0 Å². The van der Waals surface area contributed by atoms with Crippen LogP contribution in [0.4, 0.5) is 0 Å². The molecule has 3 N–H and O–H groups in total. The van der Waals surface area contributed by atoms with E-state index in [-0.39, 0.29) is 11.4 Å². The molecule has 17 heavy (non-hydrogen) atoms. The van der Waals surface area contributed by atoms with Gasteiger partial charge in [0.05, 0.1) is 0 Å². The molecule has 1 amide bonds. The molecule has 4 heteroatoms. The molecule has 0 saturated carbocycles. The van der Waals surface area contributed by atoms with Crippen LogP contribution in [0.2, 0.25) is 0 Å². The van der Waals surface area contributed by atoms with E-state index in [0.717, 1.165) is 38.8 Å². The van der Waals surface area contributed by atoms with Crippen molar-refractivity contribution >= 4 is 5.91 Å². The number of rotatable bonds is 9. The highest BCUT2D eigenvalue weighted by atomic mass is 16.2. The van der Waals surface area contributed by atoms with Gasteiger partial charge in [0.2, 0.25) is 5.91 Å². The molecule has 0 unspecified atom stereocenters. The maximum absolute atomic E-state index is 11.5. The fraction of sp³-hybridized carbons (Fsp3) is 0.923. The quantitative estimate of drug-likeness (QED) is 0.538. The summed E-state index contributed by atoms with van der Waals surface area (Å²) >= 11 is 0. The van der Waals surface area contributed by atoms with Gasteiger partial charge in [0.1, 0.15) is 0 Å². The summed E-state index contributed by atoms with van der Waals surface area (Å²) < 4.78 is 0. The van der Waals surface area contributed by atoms with Gasteiger partial charge >= 0.3 is 0 Å². The number of carbonyl (C=O) groups excluding carboxylic acids is 1. The van der Waals surface area contributed by atoms with Gasteiger partial charge in [-0.1, -0.05) is 12.8 Å². The first-order valence-corrected chi connectivity index (χ1v) is 6.58. The van der Waals surface area contributed by atoms with Crippen LogP contribution < -0.4 is 10.6 Å². The minimum atomic E-state index is -0.138. The molecular weight excluding hydrogens is 216 g/mol. The lowest BCUT2D eigenvalue weighted by Crippen LogP contribution is -2.41. The molecule has 0 aliphatic rings. The lowest BCUT2D eigenvalue weighted by molar-refractivity contribution is -0.122. The number of unbranched alkanes of at least 4 members (excludes halogenated alkanes) is 3. The fourth-order valence-corrected chi connectivity index (χ4v) is 1.52. The van der Waals surface area contributed by atoms with E-state index in [1.165, 1.54) is 0 Å². The zero-order chi connectivity index (χ0) is 13.1. The van der Waals surface area contributed by atoms with Crippen LogP contribution in [0.1, 0.15) is 52.9 Å². The highest BCUT2D eigenvalue weighted by Gasteiger charge is 2.12. The Morgan fingerprint density at radius 3 is 2.29 bits per heavy atom. The molecule has 0 aromatic rings. The predicted molar refractivity (Wildman–Crippen MR) is 70.9 cm³/mol. The summed E-state index contributed by atoms with van der Waals surface area (Å²) in [6.45, 7) is 7.94. The number of nitrogens with one attached hydrogen (secondary N) is 2.